The second-order valence-corrected chi connectivity index (χ2v) is 16.8. The maximum Gasteiger partial charge on any atom is 0.266 e. The zero-order valence-electron chi connectivity index (χ0n) is 32.8. The topological polar surface area (TPSA) is 104 Å². The Bertz CT molecular complexity index is 790. The van der Waals surface area contributed by atoms with Crippen LogP contribution in [0.1, 0.15) is 245 Å². The Morgan fingerprint density at radius 2 is 0.735 bits per heavy atom. The molecule has 0 radical (unpaired) electrons. The summed E-state index contributed by atoms with van der Waals surface area (Å²) in [4.78, 5) is 12.5. The number of amides is 1. The van der Waals surface area contributed by atoms with E-state index in [0.717, 1.165) is 38.5 Å². The summed E-state index contributed by atoms with van der Waals surface area (Å²) in [7, 11) is -4.30. The number of unbranched alkanes of at least 4 members (excludes halogenated alkanes) is 32. The van der Waals surface area contributed by atoms with Crippen LogP contribution >= 0.6 is 0 Å². The van der Waals surface area contributed by atoms with Gasteiger partial charge in [0, 0.05) is 6.42 Å². The first-order valence-corrected chi connectivity index (χ1v) is 23.3. The molecule has 2 atom stereocenters. The zero-order valence-corrected chi connectivity index (χ0v) is 33.7. The van der Waals surface area contributed by atoms with Crippen molar-refractivity contribution in [2.24, 2.45) is 0 Å². The molecule has 49 heavy (non-hydrogen) atoms. The van der Waals surface area contributed by atoms with Crippen LogP contribution in [0.5, 0.6) is 0 Å². The van der Waals surface area contributed by atoms with Crippen molar-refractivity contribution in [3.05, 3.63) is 0 Å². The molecule has 1 amide bonds. The predicted molar refractivity (Wildman–Crippen MR) is 212 cm³/mol. The summed E-state index contributed by atoms with van der Waals surface area (Å²) < 4.78 is 32.5. The highest BCUT2D eigenvalue weighted by atomic mass is 32.2. The van der Waals surface area contributed by atoms with Gasteiger partial charge in [-0.05, 0) is 12.8 Å². The molecule has 3 N–H and O–H groups in total. The first-order valence-electron chi connectivity index (χ1n) is 21.7. The lowest BCUT2D eigenvalue weighted by atomic mass is 10.0. The van der Waals surface area contributed by atoms with Crippen LogP contribution in [0.15, 0.2) is 0 Å². The molecule has 0 aliphatic rings. The van der Waals surface area contributed by atoms with Crippen molar-refractivity contribution in [1.29, 1.82) is 0 Å². The highest BCUT2D eigenvalue weighted by Gasteiger charge is 2.26. The molecular weight excluding hydrogens is 631 g/mol. The summed E-state index contributed by atoms with van der Waals surface area (Å²) in [5.41, 5.74) is 0. The van der Waals surface area contributed by atoms with Gasteiger partial charge in [-0.2, -0.15) is 8.42 Å². The number of aliphatic hydroxyl groups is 1. The van der Waals surface area contributed by atoms with Crippen LogP contribution in [0.25, 0.3) is 0 Å². The van der Waals surface area contributed by atoms with E-state index in [9.17, 15) is 22.9 Å². The van der Waals surface area contributed by atoms with Crippen molar-refractivity contribution in [2.75, 3.05) is 5.75 Å². The quantitative estimate of drug-likeness (QED) is 0.0433. The molecule has 0 aromatic carbocycles. The SMILES string of the molecule is CCCCCCCCCCCCCCCCCCCCCCCCCC(=O)NC(CS(=O)(=O)O)C(O)CCCCCCCCCCCCC. The molecule has 0 saturated heterocycles. The van der Waals surface area contributed by atoms with Gasteiger partial charge in [-0.1, -0.05) is 226 Å². The van der Waals surface area contributed by atoms with E-state index in [4.69, 9.17) is 0 Å². The molecule has 0 fully saturated rings. The Hall–Kier alpha value is -0.660. The van der Waals surface area contributed by atoms with Crippen LogP contribution in [-0.4, -0.2) is 41.9 Å². The van der Waals surface area contributed by atoms with Gasteiger partial charge in [-0.3, -0.25) is 9.35 Å². The Labute approximate surface area is 306 Å². The number of carbonyl (C=O) groups excluding carboxylic acids is 1. The number of hydrogen-bond donors (Lipinski definition) is 3. The fourth-order valence-corrected chi connectivity index (χ4v) is 7.80. The van der Waals surface area contributed by atoms with E-state index >= 15 is 0 Å². The fourth-order valence-electron chi connectivity index (χ4n) is 7.04. The predicted octanol–water partition coefficient (Wildman–Crippen LogP) is 12.8. The lowest BCUT2D eigenvalue weighted by Gasteiger charge is -2.23. The molecule has 0 aliphatic heterocycles. The van der Waals surface area contributed by atoms with E-state index in [0.29, 0.717) is 12.8 Å². The van der Waals surface area contributed by atoms with Gasteiger partial charge < -0.3 is 10.4 Å². The highest BCUT2D eigenvalue weighted by molar-refractivity contribution is 7.85. The fraction of sp³-hybridized carbons (Fsp3) is 0.976. The second-order valence-electron chi connectivity index (χ2n) is 15.3. The Kier molecular flexibility index (Phi) is 36.6. The molecule has 0 saturated carbocycles. The van der Waals surface area contributed by atoms with Crippen LogP contribution < -0.4 is 5.32 Å². The second kappa shape index (κ2) is 37.1. The van der Waals surface area contributed by atoms with Crippen molar-refractivity contribution in [1.82, 2.24) is 5.32 Å². The van der Waals surface area contributed by atoms with Gasteiger partial charge in [0.15, 0.2) is 0 Å². The number of rotatable bonds is 40. The Morgan fingerprint density at radius 1 is 0.469 bits per heavy atom. The van der Waals surface area contributed by atoms with E-state index in [1.165, 1.54) is 180 Å². The van der Waals surface area contributed by atoms with E-state index in [-0.39, 0.29) is 5.91 Å². The van der Waals surface area contributed by atoms with Gasteiger partial charge in [-0.25, -0.2) is 0 Å². The number of nitrogens with one attached hydrogen (secondary N) is 1. The normalized spacial score (nSPS) is 13.1. The molecule has 0 rings (SSSR count). The largest absolute Gasteiger partial charge is 0.391 e. The maximum atomic E-state index is 12.5. The van der Waals surface area contributed by atoms with Crippen molar-refractivity contribution in [2.45, 2.75) is 257 Å². The minimum Gasteiger partial charge on any atom is -0.391 e. The average Bonchev–Trinajstić information content (AvgIpc) is 3.06. The third-order valence-corrected chi connectivity index (χ3v) is 11.1. The molecule has 294 valence electrons. The van der Waals surface area contributed by atoms with Gasteiger partial charge in [-0.15, -0.1) is 0 Å². The molecule has 6 nitrogen and oxygen atoms in total. The highest BCUT2D eigenvalue weighted by Crippen LogP contribution is 2.17. The number of carbonyl (C=O) groups is 1. The lowest BCUT2D eigenvalue weighted by molar-refractivity contribution is -0.122. The summed E-state index contributed by atoms with van der Waals surface area (Å²) in [5, 5.41) is 13.3. The van der Waals surface area contributed by atoms with Crippen molar-refractivity contribution in [3.8, 4) is 0 Å². The molecule has 0 bridgehead atoms. The van der Waals surface area contributed by atoms with E-state index < -0.39 is 28.0 Å². The van der Waals surface area contributed by atoms with Crippen molar-refractivity contribution >= 4 is 16.0 Å². The number of hydrogen-bond acceptors (Lipinski definition) is 4. The third kappa shape index (κ3) is 38.4. The van der Waals surface area contributed by atoms with Crippen molar-refractivity contribution < 1.29 is 22.9 Å². The minimum absolute atomic E-state index is 0.241. The standard InChI is InChI=1S/C42H85NO5S/c1-3-5-7-9-11-13-15-16-17-18-19-20-21-22-23-24-25-26-28-30-32-34-36-38-42(45)43-40(39-49(46,47)48)41(44)37-35-33-31-29-27-14-12-10-8-6-4-2/h40-41,44H,3-39H2,1-2H3,(H,43,45)(H,46,47,48). The van der Waals surface area contributed by atoms with Gasteiger partial charge in [0.25, 0.3) is 10.1 Å². The smallest absolute Gasteiger partial charge is 0.266 e. The van der Waals surface area contributed by atoms with E-state index in [1.807, 2.05) is 0 Å². The summed E-state index contributed by atoms with van der Waals surface area (Å²) in [5.74, 6) is -0.882. The Morgan fingerprint density at radius 3 is 1.02 bits per heavy atom. The number of aliphatic hydroxyl groups excluding tert-OH is 1. The van der Waals surface area contributed by atoms with Crippen LogP contribution in [0.3, 0.4) is 0 Å². The first kappa shape index (κ1) is 48.3. The summed E-state index contributed by atoms with van der Waals surface area (Å²) >= 11 is 0. The molecule has 0 aliphatic carbocycles. The van der Waals surface area contributed by atoms with Crippen LogP contribution in [-0.2, 0) is 14.9 Å². The van der Waals surface area contributed by atoms with Crippen LogP contribution in [0, 0.1) is 0 Å². The average molecular weight is 716 g/mol. The van der Waals surface area contributed by atoms with E-state index in [2.05, 4.69) is 19.2 Å². The van der Waals surface area contributed by atoms with Gasteiger partial charge in [0.1, 0.15) is 0 Å². The third-order valence-electron chi connectivity index (χ3n) is 10.3. The molecule has 2 unspecified atom stereocenters. The van der Waals surface area contributed by atoms with Gasteiger partial charge >= 0.3 is 0 Å². The molecule has 0 aromatic heterocycles. The summed E-state index contributed by atoms with van der Waals surface area (Å²) in [6.45, 7) is 4.52. The maximum absolute atomic E-state index is 12.5. The Balaban J connectivity index is 3.70. The van der Waals surface area contributed by atoms with Gasteiger partial charge in [0.2, 0.25) is 5.91 Å². The zero-order chi connectivity index (χ0) is 36.1. The van der Waals surface area contributed by atoms with E-state index in [1.54, 1.807) is 0 Å². The lowest BCUT2D eigenvalue weighted by Crippen LogP contribution is -2.47. The molecule has 0 aromatic rings. The summed E-state index contributed by atoms with van der Waals surface area (Å²) in [6, 6.07) is -0.963. The van der Waals surface area contributed by atoms with Gasteiger partial charge in [0.05, 0.1) is 17.9 Å². The summed E-state index contributed by atoms with van der Waals surface area (Å²) in [6.07, 6.45) is 43.5. The monoisotopic (exact) mass is 716 g/mol. The van der Waals surface area contributed by atoms with Crippen LogP contribution in [0.2, 0.25) is 0 Å². The molecule has 0 spiro atoms. The van der Waals surface area contributed by atoms with Crippen molar-refractivity contribution in [3.63, 3.8) is 0 Å². The van der Waals surface area contributed by atoms with Crippen LogP contribution in [0.4, 0.5) is 0 Å². The molecular formula is C42H85NO5S. The molecule has 7 heteroatoms. The molecule has 0 heterocycles. The first-order chi connectivity index (χ1) is 23.8. The minimum atomic E-state index is -4.30.